The number of fused-ring (bicyclic) bond motifs is 2. The molecule has 2 aromatic rings. The van der Waals surface area contributed by atoms with Gasteiger partial charge in [0.15, 0.2) is 0 Å². The number of carbonyl (C=O) groups is 3. The summed E-state index contributed by atoms with van der Waals surface area (Å²) in [6.07, 6.45) is 1.37. The van der Waals surface area contributed by atoms with E-state index in [0.717, 1.165) is 17.5 Å². The van der Waals surface area contributed by atoms with Crippen molar-refractivity contribution in [2.45, 2.75) is 32.4 Å². The van der Waals surface area contributed by atoms with E-state index in [0.29, 0.717) is 24.2 Å². The molecule has 2 aliphatic rings. The molecule has 4 rings (SSSR count). The number of benzene rings is 2. The van der Waals surface area contributed by atoms with Crippen LogP contribution in [0.2, 0.25) is 0 Å². The van der Waals surface area contributed by atoms with Crippen LogP contribution in [0.5, 0.6) is 0 Å². The van der Waals surface area contributed by atoms with Crippen LogP contribution >= 0.6 is 0 Å². The Balaban J connectivity index is 1.58. The lowest BCUT2D eigenvalue weighted by Gasteiger charge is -2.26. The van der Waals surface area contributed by atoms with Crippen LogP contribution in [-0.4, -0.2) is 41.8 Å². The molecule has 2 heterocycles. The fourth-order valence-electron chi connectivity index (χ4n) is 4.06. The molecular weight excluding hydrogens is 373 g/mol. The van der Waals surface area contributed by atoms with Crippen molar-refractivity contribution in [2.24, 2.45) is 0 Å². The maximum Gasteiger partial charge on any atom is 0.256 e. The normalized spacial score (nSPS) is 18.3. The van der Waals surface area contributed by atoms with Crippen molar-refractivity contribution in [2.75, 3.05) is 18.0 Å². The molecule has 1 N–H and O–H groups in total. The van der Waals surface area contributed by atoms with E-state index in [1.807, 2.05) is 13.0 Å². The van der Waals surface area contributed by atoms with Gasteiger partial charge in [0.1, 0.15) is 18.4 Å². The van der Waals surface area contributed by atoms with Gasteiger partial charge in [0.25, 0.3) is 5.91 Å². The van der Waals surface area contributed by atoms with Gasteiger partial charge >= 0.3 is 0 Å². The molecule has 7 heteroatoms. The second kappa shape index (κ2) is 7.66. The molecular formula is C22H22FN3O3. The Morgan fingerprint density at radius 2 is 1.93 bits per heavy atom. The molecule has 0 aliphatic carbocycles. The van der Waals surface area contributed by atoms with Gasteiger partial charge in [-0.05, 0) is 49.1 Å². The third-order valence-corrected chi connectivity index (χ3v) is 5.51. The number of aryl methyl sites for hydroxylation is 1. The molecule has 2 aromatic carbocycles. The van der Waals surface area contributed by atoms with Crippen molar-refractivity contribution in [3.63, 3.8) is 0 Å². The summed E-state index contributed by atoms with van der Waals surface area (Å²) >= 11 is 0. The number of nitrogens with one attached hydrogen (secondary N) is 1. The van der Waals surface area contributed by atoms with Gasteiger partial charge in [0.2, 0.25) is 11.8 Å². The van der Waals surface area contributed by atoms with E-state index < -0.39 is 6.04 Å². The van der Waals surface area contributed by atoms with Gasteiger partial charge in [0.05, 0.1) is 11.3 Å². The number of nitrogens with zero attached hydrogens (tertiary/aromatic N) is 2. The third kappa shape index (κ3) is 3.60. The summed E-state index contributed by atoms with van der Waals surface area (Å²) in [4.78, 5) is 41.9. The van der Waals surface area contributed by atoms with Crippen molar-refractivity contribution >= 4 is 23.4 Å². The first kappa shape index (κ1) is 19.1. The Labute approximate surface area is 168 Å². The van der Waals surface area contributed by atoms with Crippen LogP contribution in [0.25, 0.3) is 0 Å². The predicted molar refractivity (Wildman–Crippen MR) is 106 cm³/mol. The van der Waals surface area contributed by atoms with Crippen molar-refractivity contribution in [1.29, 1.82) is 0 Å². The Morgan fingerprint density at radius 3 is 2.69 bits per heavy atom. The van der Waals surface area contributed by atoms with Gasteiger partial charge in [-0.1, -0.05) is 24.3 Å². The van der Waals surface area contributed by atoms with Gasteiger partial charge in [0, 0.05) is 13.1 Å². The molecule has 150 valence electrons. The van der Waals surface area contributed by atoms with Crippen LogP contribution in [0, 0.1) is 12.7 Å². The van der Waals surface area contributed by atoms with Gasteiger partial charge in [-0.3, -0.25) is 14.4 Å². The minimum absolute atomic E-state index is 0.159. The molecule has 2 aliphatic heterocycles. The minimum Gasteiger partial charge on any atom is -0.350 e. The standard InChI is InChI=1S/C22H22FN3O3/c1-14-4-2-5-17-20(14)26(22(29)18-6-3-11-25(18)21(17)28)13-19(27)24-12-15-7-9-16(23)10-8-15/h2,4-5,7-10,18H,3,6,11-13H2,1H3,(H,24,27)/t18-/m1/s1. The molecule has 1 atom stereocenters. The molecule has 0 aromatic heterocycles. The first-order valence-corrected chi connectivity index (χ1v) is 9.69. The van der Waals surface area contributed by atoms with E-state index in [-0.39, 0.29) is 36.6 Å². The molecule has 1 saturated heterocycles. The van der Waals surface area contributed by atoms with Crippen molar-refractivity contribution in [3.05, 3.63) is 65.0 Å². The highest BCUT2D eigenvalue weighted by Gasteiger charge is 2.42. The van der Waals surface area contributed by atoms with E-state index >= 15 is 0 Å². The molecule has 0 radical (unpaired) electrons. The highest BCUT2D eigenvalue weighted by Crippen LogP contribution is 2.34. The summed E-state index contributed by atoms with van der Waals surface area (Å²) < 4.78 is 13.0. The lowest BCUT2D eigenvalue weighted by atomic mass is 10.1. The van der Waals surface area contributed by atoms with Gasteiger partial charge in [-0.2, -0.15) is 0 Å². The van der Waals surface area contributed by atoms with Crippen LogP contribution in [-0.2, 0) is 16.1 Å². The topological polar surface area (TPSA) is 69.7 Å². The molecule has 3 amide bonds. The summed E-state index contributed by atoms with van der Waals surface area (Å²) in [5.74, 6) is -1.06. The number of amides is 3. The molecule has 6 nitrogen and oxygen atoms in total. The van der Waals surface area contributed by atoms with Gasteiger partial charge < -0.3 is 15.1 Å². The quantitative estimate of drug-likeness (QED) is 0.864. The van der Waals surface area contributed by atoms with E-state index in [1.54, 1.807) is 29.2 Å². The van der Waals surface area contributed by atoms with Gasteiger partial charge in [-0.25, -0.2) is 4.39 Å². The van der Waals surface area contributed by atoms with Crippen LogP contribution in [0.15, 0.2) is 42.5 Å². The predicted octanol–water partition coefficient (Wildman–Crippen LogP) is 2.40. The van der Waals surface area contributed by atoms with Gasteiger partial charge in [-0.15, -0.1) is 0 Å². The Hall–Kier alpha value is -3.22. The molecule has 0 spiro atoms. The zero-order valence-electron chi connectivity index (χ0n) is 16.2. The van der Waals surface area contributed by atoms with Crippen LogP contribution < -0.4 is 10.2 Å². The highest BCUT2D eigenvalue weighted by molar-refractivity contribution is 6.13. The summed E-state index contributed by atoms with van der Waals surface area (Å²) in [7, 11) is 0. The minimum atomic E-state index is -0.529. The van der Waals surface area contributed by atoms with Crippen molar-refractivity contribution < 1.29 is 18.8 Å². The first-order chi connectivity index (χ1) is 14.0. The second-order valence-electron chi connectivity index (χ2n) is 7.46. The number of hydrogen-bond donors (Lipinski definition) is 1. The molecule has 29 heavy (non-hydrogen) atoms. The smallest absolute Gasteiger partial charge is 0.256 e. The van der Waals surface area contributed by atoms with Crippen LogP contribution in [0.4, 0.5) is 10.1 Å². The fraction of sp³-hybridized carbons (Fsp3) is 0.318. The third-order valence-electron chi connectivity index (χ3n) is 5.51. The molecule has 0 bridgehead atoms. The fourth-order valence-corrected chi connectivity index (χ4v) is 4.06. The summed E-state index contributed by atoms with van der Waals surface area (Å²) in [6, 6.07) is 10.7. The van der Waals surface area contributed by atoms with E-state index in [2.05, 4.69) is 5.32 Å². The SMILES string of the molecule is Cc1cccc2c1N(CC(=O)NCc1ccc(F)cc1)C(=O)[C@H]1CCCN1C2=O. The number of halogens is 1. The van der Waals surface area contributed by atoms with Crippen LogP contribution in [0.3, 0.4) is 0 Å². The summed E-state index contributed by atoms with van der Waals surface area (Å²) in [5, 5.41) is 2.77. The van der Waals surface area contributed by atoms with Crippen LogP contribution in [0.1, 0.15) is 34.3 Å². The molecule has 0 saturated carbocycles. The van der Waals surface area contributed by atoms with E-state index in [4.69, 9.17) is 0 Å². The number of anilines is 1. The van der Waals surface area contributed by atoms with E-state index in [9.17, 15) is 18.8 Å². The first-order valence-electron chi connectivity index (χ1n) is 9.69. The lowest BCUT2D eigenvalue weighted by molar-refractivity contribution is -0.125. The number of rotatable bonds is 4. The summed E-state index contributed by atoms with van der Waals surface area (Å²) in [5.41, 5.74) is 2.50. The largest absolute Gasteiger partial charge is 0.350 e. The Morgan fingerprint density at radius 1 is 1.17 bits per heavy atom. The maximum atomic E-state index is 13.2. The monoisotopic (exact) mass is 395 g/mol. The molecule has 1 fully saturated rings. The summed E-state index contributed by atoms with van der Waals surface area (Å²) in [6.45, 7) is 2.44. The number of carbonyl (C=O) groups excluding carboxylic acids is 3. The lowest BCUT2D eigenvalue weighted by Crippen LogP contribution is -2.48. The zero-order valence-corrected chi connectivity index (χ0v) is 16.2. The zero-order chi connectivity index (χ0) is 20.5. The second-order valence-corrected chi connectivity index (χ2v) is 7.46. The number of para-hydroxylation sites is 1. The average Bonchev–Trinajstić information content (AvgIpc) is 3.18. The average molecular weight is 395 g/mol. The number of hydrogen-bond acceptors (Lipinski definition) is 3. The molecule has 0 unspecified atom stereocenters. The van der Waals surface area contributed by atoms with Crippen molar-refractivity contribution in [3.8, 4) is 0 Å². The highest BCUT2D eigenvalue weighted by atomic mass is 19.1. The Kier molecular flexibility index (Phi) is 5.05. The maximum absolute atomic E-state index is 13.2. The van der Waals surface area contributed by atoms with Crippen molar-refractivity contribution in [1.82, 2.24) is 10.2 Å². The van der Waals surface area contributed by atoms with E-state index in [1.165, 1.54) is 17.0 Å². The Bertz CT molecular complexity index is 974.